The summed E-state index contributed by atoms with van der Waals surface area (Å²) in [4.78, 5) is 24.9. The molecule has 0 bridgehead atoms. The quantitative estimate of drug-likeness (QED) is 0.0121. The second-order valence-electron chi connectivity index (χ2n) is 21.7. The SMILES string of the molecule is CCC(O)CCCC(O)COCCN(CCOCC(O)CCCC(O)COCCN(CCOC)CCc1ccc2sc3c/c(=N\c4ccccc4S(=O)(=O)O)ccc-3nc2c1)CCc1cc2nc3ccccc3sc-2c/c1=N\c1cccc(S(=O)(=O)O)c1. The molecule has 2 heterocycles. The van der Waals surface area contributed by atoms with Crippen molar-refractivity contribution in [3.63, 3.8) is 0 Å². The van der Waals surface area contributed by atoms with Crippen molar-refractivity contribution in [3.8, 4) is 21.1 Å². The highest BCUT2D eigenvalue weighted by atomic mass is 32.2. The maximum Gasteiger partial charge on any atom is 0.296 e. The fourth-order valence-electron chi connectivity index (χ4n) is 9.93. The smallest absolute Gasteiger partial charge is 0.296 e. The van der Waals surface area contributed by atoms with Crippen LogP contribution in [0.5, 0.6) is 0 Å². The Labute approximate surface area is 522 Å². The lowest BCUT2D eigenvalue weighted by atomic mass is 10.1. The van der Waals surface area contributed by atoms with Gasteiger partial charge >= 0.3 is 0 Å². The van der Waals surface area contributed by atoms with Gasteiger partial charge < -0.3 is 39.4 Å². The van der Waals surface area contributed by atoms with E-state index in [1.165, 1.54) is 36.4 Å². The van der Waals surface area contributed by atoms with Gasteiger partial charge in [-0.05, 0) is 154 Å². The summed E-state index contributed by atoms with van der Waals surface area (Å²) in [7, 11) is -7.23. The van der Waals surface area contributed by atoms with Gasteiger partial charge in [0, 0.05) is 46.4 Å². The molecule has 0 fully saturated rings. The van der Waals surface area contributed by atoms with Gasteiger partial charge in [-0.3, -0.25) is 18.9 Å². The topological polar surface area (TPSA) is 284 Å². The third-order valence-corrected chi connectivity index (χ3v) is 18.9. The van der Waals surface area contributed by atoms with Crippen LogP contribution < -0.4 is 10.7 Å². The molecule has 2 aliphatic carbocycles. The molecule has 20 nitrogen and oxygen atoms in total. The minimum atomic E-state index is -4.46. The Balaban J connectivity index is 0.793. The van der Waals surface area contributed by atoms with E-state index in [2.05, 4.69) is 33.0 Å². The molecule has 0 saturated heterocycles. The summed E-state index contributed by atoms with van der Waals surface area (Å²) >= 11 is 3.14. The first-order chi connectivity index (χ1) is 42.4. The zero-order valence-corrected chi connectivity index (χ0v) is 52.9. The summed E-state index contributed by atoms with van der Waals surface area (Å²) in [6.45, 7) is 7.60. The Hall–Kier alpha value is -5.62. The monoisotopic (exact) mass is 1280 g/mol. The maximum absolute atomic E-state index is 12.0. The molecule has 0 aromatic heterocycles. The predicted molar refractivity (Wildman–Crippen MR) is 342 cm³/mol. The second kappa shape index (κ2) is 34.0. The van der Waals surface area contributed by atoms with Gasteiger partial charge in [-0.1, -0.05) is 43.3 Å². The summed E-state index contributed by atoms with van der Waals surface area (Å²) in [5.74, 6) is 0. The number of hydrogen-bond acceptors (Lipinski definition) is 20. The number of rotatable bonds is 37. The highest BCUT2D eigenvalue weighted by Crippen LogP contribution is 2.32. The molecule has 2 aliphatic heterocycles. The van der Waals surface area contributed by atoms with E-state index in [4.69, 9.17) is 33.9 Å². The van der Waals surface area contributed by atoms with Crippen molar-refractivity contribution >= 4 is 74.7 Å². The van der Waals surface area contributed by atoms with Crippen LogP contribution >= 0.6 is 22.7 Å². The molecule has 0 amide bonds. The van der Waals surface area contributed by atoms with Gasteiger partial charge in [0.1, 0.15) is 4.90 Å². The summed E-state index contributed by atoms with van der Waals surface area (Å²) < 4.78 is 92.7. The van der Waals surface area contributed by atoms with Crippen molar-refractivity contribution in [2.24, 2.45) is 9.98 Å². The normalized spacial score (nSPS) is 14.3. The molecule has 474 valence electrons. The fourth-order valence-corrected chi connectivity index (χ4v) is 13.0. The van der Waals surface area contributed by atoms with E-state index in [-0.39, 0.29) is 41.4 Å². The number of methoxy groups -OCH3 is 1. The van der Waals surface area contributed by atoms with Gasteiger partial charge in [0.2, 0.25) is 0 Å². The first-order valence-corrected chi connectivity index (χ1v) is 34.2. The maximum atomic E-state index is 12.0. The van der Waals surface area contributed by atoms with Gasteiger partial charge in [0.15, 0.2) is 0 Å². The number of ether oxygens (including phenoxy) is 4. The van der Waals surface area contributed by atoms with Crippen LogP contribution in [0.2, 0.25) is 0 Å². The van der Waals surface area contributed by atoms with Crippen LogP contribution in [0.1, 0.15) is 63.0 Å². The number of aromatic nitrogens is 2. The van der Waals surface area contributed by atoms with Crippen molar-refractivity contribution in [2.75, 3.05) is 92.6 Å². The highest BCUT2D eigenvalue weighted by Gasteiger charge is 2.19. The average Bonchev–Trinajstić information content (AvgIpc) is 1.48. The van der Waals surface area contributed by atoms with Gasteiger partial charge in [-0.15, -0.1) is 22.7 Å². The van der Waals surface area contributed by atoms with Crippen molar-refractivity contribution in [1.29, 1.82) is 0 Å². The molecule has 4 aromatic rings. The van der Waals surface area contributed by atoms with Crippen molar-refractivity contribution in [2.45, 2.75) is 98.9 Å². The van der Waals surface area contributed by atoms with E-state index < -0.39 is 38.5 Å². The molecule has 4 atom stereocenters. The first kappa shape index (κ1) is 68.3. The average molecular weight is 1290 g/mol. The standard InChI is InChI=1S/C64H80N6O14S4/c1-3-49(71)12-9-13-50(72)42-83-35-31-70(28-26-46-38-59-63(85-60-19-6-4-17-54(60)67-59)41-57(46)66-47-11-8-16-53(39-47)87(75,76)77)32-36-84-44-52(74)15-10-14-51(73)43-82-34-30-69(29-33-81-2)27-25-45-21-24-61-58(37-45)68-55-23-22-48(40-62(55)86-61)65-56-18-5-7-20-64(56)88(78,79)80/h4-8,11,16-24,37-41,49-52,71-74H,3,9-10,12-15,25-36,42-44H2,1-2H3,(H,75,76,77)(H,78,79,80)/b65-48-,66-57+. The molecule has 6 N–H and O–H groups in total. The molecule has 0 radical (unpaired) electrons. The van der Waals surface area contributed by atoms with Gasteiger partial charge in [-0.25, -0.2) is 20.0 Å². The van der Waals surface area contributed by atoms with E-state index in [9.17, 15) is 46.4 Å². The summed E-state index contributed by atoms with van der Waals surface area (Å²) in [5, 5.41) is 43.4. The summed E-state index contributed by atoms with van der Waals surface area (Å²) in [6, 6.07) is 35.4. The van der Waals surface area contributed by atoms with Crippen LogP contribution in [-0.2, 0) is 52.0 Å². The largest absolute Gasteiger partial charge is 0.393 e. The molecule has 0 saturated carbocycles. The van der Waals surface area contributed by atoms with E-state index in [0.29, 0.717) is 127 Å². The van der Waals surface area contributed by atoms with Gasteiger partial charge in [0.25, 0.3) is 20.2 Å². The third kappa shape index (κ3) is 21.5. The molecule has 4 aromatic carbocycles. The number of aliphatic hydroxyl groups is 4. The number of benzene rings is 6. The summed E-state index contributed by atoms with van der Waals surface area (Å²) in [5.41, 5.74) is 5.78. The lowest BCUT2D eigenvalue weighted by Crippen LogP contribution is -2.34. The van der Waals surface area contributed by atoms with Crippen LogP contribution in [-0.4, -0.2) is 183 Å². The van der Waals surface area contributed by atoms with E-state index in [0.717, 1.165) is 65.7 Å². The van der Waals surface area contributed by atoms with Crippen LogP contribution in [0.4, 0.5) is 11.4 Å². The molecule has 0 spiro atoms. The Kier molecular flexibility index (Phi) is 26.4. The molecule has 4 aliphatic rings. The van der Waals surface area contributed by atoms with Crippen LogP contribution in [0.3, 0.4) is 0 Å². The Morgan fingerprint density at radius 2 is 1.14 bits per heavy atom. The number of nitrogens with zero attached hydrogens (tertiary/aromatic N) is 6. The number of hydrogen-bond donors (Lipinski definition) is 6. The molecule has 8 rings (SSSR count). The van der Waals surface area contributed by atoms with E-state index in [1.54, 1.807) is 48.0 Å². The molecular formula is C64H80N6O14S4. The Morgan fingerprint density at radius 3 is 1.78 bits per heavy atom. The fraction of sp³-hybridized carbons (Fsp3) is 0.438. The van der Waals surface area contributed by atoms with Crippen molar-refractivity contribution < 1.29 is 65.3 Å². The number of para-hydroxylation sites is 2. The zero-order chi connectivity index (χ0) is 62.5. The molecule has 4 unspecified atom stereocenters. The number of fused-ring (bicyclic) bond motifs is 4. The van der Waals surface area contributed by atoms with E-state index in [1.807, 2.05) is 55.5 Å². The van der Waals surface area contributed by atoms with Crippen LogP contribution in [0.15, 0.2) is 141 Å². The Bertz CT molecular complexity index is 3810. The van der Waals surface area contributed by atoms with Gasteiger partial charge in [0.05, 0.1) is 139 Å². The molecule has 24 heteroatoms. The van der Waals surface area contributed by atoms with Crippen molar-refractivity contribution in [1.82, 2.24) is 19.8 Å². The number of aliphatic hydroxyl groups excluding tert-OH is 4. The lowest BCUT2D eigenvalue weighted by Gasteiger charge is -2.23. The molecule has 88 heavy (non-hydrogen) atoms. The molecular weight excluding hydrogens is 1200 g/mol. The minimum absolute atomic E-state index is 0.108. The van der Waals surface area contributed by atoms with E-state index >= 15 is 0 Å². The second-order valence-corrected chi connectivity index (χ2v) is 26.7. The lowest BCUT2D eigenvalue weighted by molar-refractivity contribution is 0.00322. The summed E-state index contributed by atoms with van der Waals surface area (Å²) in [6.07, 6.45) is 2.74. The van der Waals surface area contributed by atoms with Crippen molar-refractivity contribution in [3.05, 3.63) is 143 Å². The van der Waals surface area contributed by atoms with Crippen LogP contribution in [0.25, 0.3) is 41.6 Å². The van der Waals surface area contributed by atoms with Gasteiger partial charge in [-0.2, -0.15) is 16.8 Å². The first-order valence-electron chi connectivity index (χ1n) is 29.7. The highest BCUT2D eigenvalue weighted by molar-refractivity contribution is 7.86. The zero-order valence-electron chi connectivity index (χ0n) is 49.7. The predicted octanol–water partition coefficient (Wildman–Crippen LogP) is 8.35. The van der Waals surface area contributed by atoms with Crippen LogP contribution in [0, 0.1) is 0 Å². The third-order valence-electron chi connectivity index (χ3n) is 14.9. The minimum Gasteiger partial charge on any atom is -0.393 e. The Morgan fingerprint density at radius 1 is 0.545 bits per heavy atom.